The molecule has 0 unspecified atom stereocenters. The van der Waals surface area contributed by atoms with Crippen LogP contribution in [0.5, 0.6) is 11.5 Å². The average molecular weight is 412 g/mol. The number of carbonyl (C=O) groups excluding carboxylic acids is 3. The van der Waals surface area contributed by atoms with Gasteiger partial charge in [0.1, 0.15) is 18.1 Å². The highest BCUT2D eigenvalue weighted by molar-refractivity contribution is 8.18. The number of carbonyl (C=O) groups is 3. The molecule has 3 amide bonds. The van der Waals surface area contributed by atoms with Crippen LogP contribution in [0.2, 0.25) is 0 Å². The van der Waals surface area contributed by atoms with Crippen LogP contribution in [0.25, 0.3) is 6.08 Å². The fourth-order valence-electron chi connectivity index (χ4n) is 2.54. The molecule has 29 heavy (non-hydrogen) atoms. The van der Waals surface area contributed by atoms with Gasteiger partial charge in [0.05, 0.1) is 18.1 Å². The fraction of sp³-hybridized carbons (Fsp3) is 0.190. The number of hydrogen-bond donors (Lipinski definition) is 2. The van der Waals surface area contributed by atoms with Crippen LogP contribution in [0, 0.1) is 0 Å². The maximum atomic E-state index is 12.2. The second-order valence-electron chi connectivity index (χ2n) is 5.98. The summed E-state index contributed by atoms with van der Waals surface area (Å²) in [5.41, 5.74) is 1.22. The van der Waals surface area contributed by atoms with Gasteiger partial charge in [0, 0.05) is 5.56 Å². The van der Waals surface area contributed by atoms with E-state index >= 15 is 0 Å². The van der Waals surface area contributed by atoms with Gasteiger partial charge in [0.25, 0.3) is 17.1 Å². The fourth-order valence-corrected chi connectivity index (χ4v) is 3.22. The Bertz CT molecular complexity index is 923. The van der Waals surface area contributed by atoms with E-state index in [9.17, 15) is 14.4 Å². The molecule has 0 aliphatic carbocycles. The largest absolute Gasteiger partial charge is 0.494 e. The summed E-state index contributed by atoms with van der Waals surface area (Å²) in [6.07, 6.45) is 1.61. The molecule has 0 saturated carbocycles. The van der Waals surface area contributed by atoms with Crippen LogP contribution in [0.1, 0.15) is 22.8 Å². The first kappa shape index (κ1) is 20.5. The topological polar surface area (TPSA) is 93.7 Å². The summed E-state index contributed by atoms with van der Waals surface area (Å²) in [7, 11) is 0. The predicted octanol–water partition coefficient (Wildman–Crippen LogP) is 3.22. The van der Waals surface area contributed by atoms with Crippen LogP contribution in [-0.4, -0.2) is 36.8 Å². The standard InChI is InChI=1S/C21H20N2O5S/c1-2-27-16-7-9-17(10-8-16)28-12-11-22-19(24)15-5-3-14(4-6-15)13-18-20(25)23-21(26)29-18/h3-10,13H,2,11-12H2,1H3,(H,22,24)(H,23,25,26)/b18-13-. The summed E-state index contributed by atoms with van der Waals surface area (Å²) in [4.78, 5) is 35.3. The minimum atomic E-state index is -0.408. The highest BCUT2D eigenvalue weighted by Crippen LogP contribution is 2.25. The highest BCUT2D eigenvalue weighted by atomic mass is 32.2. The molecule has 0 aromatic heterocycles. The van der Waals surface area contributed by atoms with Crippen molar-refractivity contribution in [3.05, 3.63) is 64.6 Å². The first-order valence-electron chi connectivity index (χ1n) is 9.04. The summed E-state index contributed by atoms with van der Waals surface area (Å²) in [6, 6.07) is 14.1. The lowest BCUT2D eigenvalue weighted by Gasteiger charge is -2.09. The molecule has 7 nitrogen and oxygen atoms in total. The van der Waals surface area contributed by atoms with Crippen molar-refractivity contribution in [3.8, 4) is 11.5 Å². The minimum absolute atomic E-state index is 0.220. The smallest absolute Gasteiger partial charge is 0.290 e. The van der Waals surface area contributed by atoms with Crippen molar-refractivity contribution in [1.29, 1.82) is 0 Å². The Morgan fingerprint density at radius 2 is 1.69 bits per heavy atom. The molecule has 0 bridgehead atoms. The molecule has 0 atom stereocenters. The lowest BCUT2D eigenvalue weighted by Crippen LogP contribution is -2.28. The van der Waals surface area contributed by atoms with Crippen LogP contribution >= 0.6 is 11.8 Å². The minimum Gasteiger partial charge on any atom is -0.494 e. The van der Waals surface area contributed by atoms with E-state index in [2.05, 4.69) is 10.6 Å². The molecule has 0 radical (unpaired) electrons. The lowest BCUT2D eigenvalue weighted by molar-refractivity contribution is -0.115. The molecule has 1 heterocycles. The van der Waals surface area contributed by atoms with Gasteiger partial charge in [0.15, 0.2) is 0 Å². The van der Waals surface area contributed by atoms with Gasteiger partial charge in [-0.05, 0) is 66.7 Å². The number of imide groups is 1. The molecule has 1 aliphatic rings. The van der Waals surface area contributed by atoms with Gasteiger partial charge in [0.2, 0.25) is 0 Å². The third kappa shape index (κ3) is 5.86. The van der Waals surface area contributed by atoms with Gasteiger partial charge in [-0.25, -0.2) is 0 Å². The molecule has 2 N–H and O–H groups in total. The zero-order chi connectivity index (χ0) is 20.6. The number of ether oxygens (including phenoxy) is 2. The molecule has 150 valence electrons. The number of hydrogen-bond acceptors (Lipinski definition) is 6. The summed E-state index contributed by atoms with van der Waals surface area (Å²) < 4.78 is 11.0. The molecule has 2 aromatic rings. The Kier molecular flexibility index (Phi) is 6.91. The molecule has 3 rings (SSSR count). The monoisotopic (exact) mass is 412 g/mol. The second kappa shape index (κ2) is 9.79. The number of benzene rings is 2. The average Bonchev–Trinajstić information content (AvgIpc) is 3.04. The Morgan fingerprint density at radius 1 is 1.03 bits per heavy atom. The van der Waals surface area contributed by atoms with Crippen molar-refractivity contribution in [2.24, 2.45) is 0 Å². The van der Waals surface area contributed by atoms with Gasteiger partial charge in [-0.15, -0.1) is 0 Å². The third-order valence-corrected chi connectivity index (χ3v) is 4.71. The van der Waals surface area contributed by atoms with E-state index in [1.165, 1.54) is 0 Å². The summed E-state index contributed by atoms with van der Waals surface area (Å²) in [5.74, 6) is 0.857. The maximum absolute atomic E-state index is 12.2. The summed E-state index contributed by atoms with van der Waals surface area (Å²) >= 11 is 0.855. The van der Waals surface area contributed by atoms with Gasteiger partial charge in [-0.3, -0.25) is 19.7 Å². The van der Waals surface area contributed by atoms with Crippen molar-refractivity contribution in [2.45, 2.75) is 6.92 Å². The van der Waals surface area contributed by atoms with E-state index in [0.717, 1.165) is 23.1 Å². The van der Waals surface area contributed by atoms with Crippen molar-refractivity contribution >= 4 is 34.9 Å². The highest BCUT2D eigenvalue weighted by Gasteiger charge is 2.24. The van der Waals surface area contributed by atoms with Crippen LogP contribution in [0.15, 0.2) is 53.4 Å². The first-order valence-corrected chi connectivity index (χ1v) is 9.85. The zero-order valence-electron chi connectivity index (χ0n) is 15.8. The van der Waals surface area contributed by atoms with Crippen LogP contribution in [0.3, 0.4) is 0 Å². The van der Waals surface area contributed by atoms with Crippen LogP contribution in [-0.2, 0) is 4.79 Å². The Morgan fingerprint density at radius 3 is 2.28 bits per heavy atom. The van der Waals surface area contributed by atoms with E-state index in [0.29, 0.717) is 36.0 Å². The molecular weight excluding hydrogens is 392 g/mol. The van der Waals surface area contributed by atoms with Crippen molar-refractivity contribution in [1.82, 2.24) is 10.6 Å². The molecule has 0 spiro atoms. The number of rotatable bonds is 8. The van der Waals surface area contributed by atoms with Crippen molar-refractivity contribution in [3.63, 3.8) is 0 Å². The third-order valence-electron chi connectivity index (χ3n) is 3.90. The van der Waals surface area contributed by atoms with Crippen molar-refractivity contribution in [2.75, 3.05) is 19.8 Å². The van der Waals surface area contributed by atoms with Gasteiger partial charge in [-0.2, -0.15) is 0 Å². The first-order chi connectivity index (χ1) is 14.0. The van der Waals surface area contributed by atoms with E-state index in [1.54, 1.807) is 30.3 Å². The number of nitrogens with one attached hydrogen (secondary N) is 2. The van der Waals surface area contributed by atoms with Gasteiger partial charge in [-0.1, -0.05) is 12.1 Å². The Hall–Kier alpha value is -3.26. The lowest BCUT2D eigenvalue weighted by atomic mass is 10.1. The van der Waals surface area contributed by atoms with Crippen LogP contribution in [0.4, 0.5) is 4.79 Å². The quantitative estimate of drug-likeness (QED) is 0.511. The predicted molar refractivity (Wildman–Crippen MR) is 111 cm³/mol. The SMILES string of the molecule is CCOc1ccc(OCCNC(=O)c2ccc(/C=C3\SC(=O)NC3=O)cc2)cc1. The molecule has 2 aromatic carbocycles. The van der Waals surface area contributed by atoms with E-state index in [4.69, 9.17) is 9.47 Å². The van der Waals surface area contributed by atoms with Gasteiger partial charge >= 0.3 is 0 Å². The zero-order valence-corrected chi connectivity index (χ0v) is 16.6. The van der Waals surface area contributed by atoms with Crippen LogP contribution < -0.4 is 20.1 Å². The van der Waals surface area contributed by atoms with Crippen molar-refractivity contribution < 1.29 is 23.9 Å². The molecular formula is C21H20N2O5S. The molecule has 1 saturated heterocycles. The molecule has 1 fully saturated rings. The Balaban J connectivity index is 1.45. The Labute approximate surface area is 172 Å². The summed E-state index contributed by atoms with van der Waals surface area (Å²) in [6.45, 7) is 3.23. The van der Waals surface area contributed by atoms with Gasteiger partial charge < -0.3 is 14.8 Å². The molecule has 8 heteroatoms. The van der Waals surface area contributed by atoms with E-state index < -0.39 is 5.91 Å². The normalized spacial score (nSPS) is 14.6. The van der Waals surface area contributed by atoms with E-state index in [1.807, 2.05) is 31.2 Å². The summed E-state index contributed by atoms with van der Waals surface area (Å²) in [5, 5.41) is 4.60. The maximum Gasteiger partial charge on any atom is 0.290 e. The van der Waals surface area contributed by atoms with E-state index in [-0.39, 0.29) is 11.1 Å². The second-order valence-corrected chi connectivity index (χ2v) is 7.00. The number of thioether (sulfide) groups is 1. The molecule has 1 aliphatic heterocycles. The number of amides is 3.